The molecule has 6 radical (unpaired) electrons. The van der Waals surface area contributed by atoms with Gasteiger partial charge in [0.05, 0.1) is 42.2 Å². The minimum Gasteiger partial charge on any atom is -0.450 e. The number of rotatable bonds is 11. The monoisotopic (exact) mass is 949 g/mol. The molecule has 4 aliphatic rings. The third-order valence-corrected chi connectivity index (χ3v) is 14.6. The fourth-order valence-electron chi connectivity index (χ4n) is 9.98. The molecule has 0 aliphatic carbocycles. The number of aromatic nitrogens is 2. The van der Waals surface area contributed by atoms with Gasteiger partial charge in [0.25, 0.3) is 5.91 Å². The third-order valence-electron chi connectivity index (χ3n) is 13.5. The highest BCUT2D eigenvalue weighted by atomic mass is 28.1. The van der Waals surface area contributed by atoms with E-state index in [0.717, 1.165) is 39.0 Å². The summed E-state index contributed by atoms with van der Waals surface area (Å²) in [6, 6.07) is 7.96. The number of benzene rings is 1. The van der Waals surface area contributed by atoms with E-state index in [1.165, 1.54) is 20.9 Å². The first kappa shape index (κ1) is 49.7. The molecule has 0 saturated carbocycles. The minimum atomic E-state index is -1.31. The number of amides is 4. The molecule has 2 saturated heterocycles. The fraction of sp³-hybridized carbons (Fsp3) is 0.562. The molecule has 4 aliphatic heterocycles. The van der Waals surface area contributed by atoms with Gasteiger partial charge in [-0.2, -0.15) is 0 Å². The van der Waals surface area contributed by atoms with Gasteiger partial charge in [-0.1, -0.05) is 40.3 Å². The number of carbonyl (C=O) groups is 5. The molecule has 7 rings (SSSR count). The van der Waals surface area contributed by atoms with Crippen molar-refractivity contribution in [2.24, 2.45) is 16.4 Å². The van der Waals surface area contributed by atoms with Gasteiger partial charge in [0, 0.05) is 78.8 Å². The number of carbonyl (C=O) groups excluding carboxylic acids is 5. The largest absolute Gasteiger partial charge is 0.450 e. The van der Waals surface area contributed by atoms with E-state index < -0.39 is 46.1 Å². The lowest BCUT2D eigenvalue weighted by Gasteiger charge is -2.43. The van der Waals surface area contributed by atoms with Crippen LogP contribution in [0.3, 0.4) is 0 Å². The van der Waals surface area contributed by atoms with Crippen molar-refractivity contribution in [3.05, 3.63) is 66.0 Å². The number of hydrogen-bond donors (Lipinski definition) is 3. The lowest BCUT2D eigenvalue weighted by Crippen LogP contribution is -2.68. The average Bonchev–Trinajstić information content (AvgIpc) is 4.03. The van der Waals surface area contributed by atoms with E-state index in [0.29, 0.717) is 38.8 Å². The summed E-state index contributed by atoms with van der Waals surface area (Å²) in [4.78, 5) is 77.3. The number of fused-ring (bicyclic) bond motifs is 6. The van der Waals surface area contributed by atoms with Gasteiger partial charge in [-0.3, -0.25) is 34.6 Å². The second-order valence-electron chi connectivity index (χ2n) is 19.4. The number of likely N-dealkylation sites (tertiary alicyclic amines) is 1. The van der Waals surface area contributed by atoms with Gasteiger partial charge in [0.1, 0.15) is 33.3 Å². The van der Waals surface area contributed by atoms with Crippen LogP contribution in [0.15, 0.2) is 54.3 Å². The molecule has 6 heterocycles. The molecule has 1 unspecified atom stereocenters. The number of hydrogen-bond acceptors (Lipinski definition) is 12. The normalized spacial score (nSPS) is 25.1. The van der Waals surface area contributed by atoms with Crippen molar-refractivity contribution in [2.75, 3.05) is 47.0 Å². The Bertz CT molecular complexity index is 2460. The summed E-state index contributed by atoms with van der Waals surface area (Å²) in [6.45, 7) is 17.2. The number of pyridine rings is 1. The molecule has 356 valence electrons. The first-order valence-electron chi connectivity index (χ1n) is 23.1. The molecule has 6 bridgehead atoms. The number of aryl methyl sites for hydroxylation is 1. The molecular weight excluding hydrogens is 887 g/mol. The molecule has 3 N–H and O–H groups in total. The molecule has 67 heavy (non-hydrogen) atoms. The van der Waals surface area contributed by atoms with Gasteiger partial charge in [-0.15, -0.1) is 5.10 Å². The van der Waals surface area contributed by atoms with Crippen LogP contribution in [0, 0.1) is 11.3 Å². The highest BCUT2D eigenvalue weighted by Crippen LogP contribution is 2.42. The van der Waals surface area contributed by atoms with E-state index in [1.54, 1.807) is 20.4 Å². The molecular formula is C48H63N9O8Si2. The lowest BCUT2D eigenvalue weighted by atomic mass is 9.84. The summed E-state index contributed by atoms with van der Waals surface area (Å²) >= 11 is 0. The van der Waals surface area contributed by atoms with Crippen LogP contribution in [0.2, 0.25) is 5.04 Å². The Hall–Kier alpha value is -5.22. The van der Waals surface area contributed by atoms with Gasteiger partial charge < -0.3 is 38.7 Å². The van der Waals surface area contributed by atoms with Crippen molar-refractivity contribution in [3.63, 3.8) is 0 Å². The number of nitrogens with one attached hydrogen (secondary N) is 3. The van der Waals surface area contributed by atoms with Crippen LogP contribution >= 0.6 is 0 Å². The average molecular weight is 950 g/mol. The molecule has 2 fully saturated rings. The Morgan fingerprint density at radius 3 is 2.58 bits per heavy atom. The molecule has 3 aromatic rings. The fourth-order valence-corrected chi connectivity index (χ4v) is 10.7. The van der Waals surface area contributed by atoms with Crippen LogP contribution < -0.4 is 16.2 Å². The molecule has 4 amide bonds. The van der Waals surface area contributed by atoms with Gasteiger partial charge in [-0.05, 0) is 86.8 Å². The van der Waals surface area contributed by atoms with Crippen LogP contribution in [0.4, 0.5) is 0 Å². The van der Waals surface area contributed by atoms with E-state index >= 15 is 0 Å². The van der Waals surface area contributed by atoms with Gasteiger partial charge in [0.2, 0.25) is 29.8 Å². The summed E-state index contributed by atoms with van der Waals surface area (Å²) in [6.07, 6.45) is 3.61. The molecule has 6 atom stereocenters. The van der Waals surface area contributed by atoms with E-state index in [9.17, 15) is 24.0 Å². The number of hydrazine groups is 1. The maximum absolute atomic E-state index is 14.8. The van der Waals surface area contributed by atoms with Gasteiger partial charge in [0.15, 0.2) is 0 Å². The Balaban J connectivity index is 1.26. The van der Waals surface area contributed by atoms with Gasteiger partial charge in [-0.25, -0.2) is 5.43 Å². The van der Waals surface area contributed by atoms with Crippen molar-refractivity contribution < 1.29 is 38.2 Å². The zero-order chi connectivity index (χ0) is 48.6. The summed E-state index contributed by atoms with van der Waals surface area (Å²) < 4.78 is 21.1. The van der Waals surface area contributed by atoms with E-state index in [-0.39, 0.29) is 67.9 Å². The van der Waals surface area contributed by atoms with Crippen molar-refractivity contribution in [1.82, 2.24) is 40.5 Å². The van der Waals surface area contributed by atoms with Crippen molar-refractivity contribution in [2.45, 2.75) is 115 Å². The quantitative estimate of drug-likeness (QED) is 0.188. The van der Waals surface area contributed by atoms with Crippen LogP contribution in [-0.4, -0.2) is 144 Å². The molecule has 2 aromatic heterocycles. The Kier molecular flexibility index (Phi) is 14.7. The highest BCUT2D eigenvalue weighted by molar-refractivity contribution is 6.60. The predicted octanol–water partition coefficient (Wildman–Crippen LogP) is 3.63. The standard InChI is InChI=1S/C48H63N9O8Si2/c1-10-37(58)55-21-18-48(67,25-55)44(61)54(8)39(28(3)4)41(59)50-34-23-36-51-52-42(65-36)30-15-16-35-32(22-30)33(40(56(35)11-2)31-14-12-19-49-38(31)29(5)63-9)24-46(6,7)26-64-27-47(45(62)66)17-13-20-57(53-47)43(34)60/h10,12,14-16,19,22,28-29,34,39,42,52-53H,1,11,13,17-18,20-21,23-27H2,2-9H3,(H,50,59)/t29-,34-,39-,42?,47-,48-/m0/s1. The Morgan fingerprint density at radius 2 is 1.90 bits per heavy atom. The van der Waals surface area contributed by atoms with E-state index in [4.69, 9.17) is 19.2 Å². The second kappa shape index (κ2) is 19.8. The zero-order valence-corrected chi connectivity index (χ0v) is 41.9. The first-order chi connectivity index (χ1) is 31.8. The Morgan fingerprint density at radius 1 is 1.13 bits per heavy atom. The lowest BCUT2D eigenvalue weighted by molar-refractivity contribution is -0.149. The highest BCUT2D eigenvalue weighted by Gasteiger charge is 2.47. The number of hydrazone groups is 1. The third kappa shape index (κ3) is 9.88. The van der Waals surface area contributed by atoms with Gasteiger partial charge >= 0.3 is 0 Å². The van der Waals surface area contributed by atoms with E-state index in [2.05, 4.69) is 91.9 Å². The Labute approximate surface area is 399 Å². The van der Waals surface area contributed by atoms with E-state index in [1.807, 2.05) is 32.9 Å². The first-order valence-corrected chi connectivity index (χ1v) is 24.1. The zero-order valence-electron chi connectivity index (χ0n) is 39.9. The van der Waals surface area contributed by atoms with Crippen LogP contribution in [0.25, 0.3) is 22.2 Å². The molecule has 0 spiro atoms. The predicted molar refractivity (Wildman–Crippen MR) is 254 cm³/mol. The van der Waals surface area contributed by atoms with Crippen LogP contribution in [0.1, 0.15) is 96.4 Å². The van der Waals surface area contributed by atoms with Crippen molar-refractivity contribution in [1.29, 1.82) is 0 Å². The second-order valence-corrected chi connectivity index (χ2v) is 20.8. The summed E-state index contributed by atoms with van der Waals surface area (Å²) in [5, 5.41) is 8.39. The molecule has 17 nitrogen and oxygen atoms in total. The maximum Gasteiger partial charge on any atom is 0.259 e. The number of methoxy groups -OCH3 is 1. The summed E-state index contributed by atoms with van der Waals surface area (Å²) in [7, 11) is 10.2. The van der Waals surface area contributed by atoms with Crippen molar-refractivity contribution >= 4 is 66.3 Å². The van der Waals surface area contributed by atoms with Crippen LogP contribution in [0.5, 0.6) is 0 Å². The number of likely N-dealkylation sites (N-methyl/N-ethyl adjacent to an activating group) is 1. The number of nitrogens with zero attached hydrogens (tertiary/aromatic N) is 6. The maximum atomic E-state index is 14.8. The smallest absolute Gasteiger partial charge is 0.259 e. The van der Waals surface area contributed by atoms with Crippen LogP contribution in [-0.2, 0) is 51.1 Å². The number of ether oxygens (including phenoxy) is 3. The SMILES string of the molecule is C=CC(=O)N1CC[C@@]([Si])(C(=O)N(C)[C@H](C(=O)N[C@H]2CC3=NNC(O3)c3ccc4c(c3)c(c(-c3cccnc3[C@H](C)OC)n4CC)CC(C)(C)COC[C@]3(C(=O)[Si])CCCN(N3)C2=O)C(C)C)C1. The molecule has 1 aromatic carbocycles. The minimum absolute atomic E-state index is 0.0426. The summed E-state index contributed by atoms with van der Waals surface area (Å²) in [5.74, 6) is -1.98. The molecule has 19 heteroatoms. The summed E-state index contributed by atoms with van der Waals surface area (Å²) in [5.41, 5.74) is 10.3. The van der Waals surface area contributed by atoms with Crippen molar-refractivity contribution in [3.8, 4) is 11.3 Å². The topological polar surface area (TPSA) is 189 Å².